The van der Waals surface area contributed by atoms with Crippen LogP contribution < -0.4 is 16.2 Å². The van der Waals surface area contributed by atoms with Gasteiger partial charge in [0, 0.05) is 32.0 Å². The van der Waals surface area contributed by atoms with Gasteiger partial charge in [0.05, 0.1) is 36.2 Å². The fraction of sp³-hybridized carbons (Fsp3) is 0.423. The van der Waals surface area contributed by atoms with Gasteiger partial charge in [-0.15, -0.1) is 5.10 Å². The molecule has 0 aliphatic carbocycles. The van der Waals surface area contributed by atoms with Gasteiger partial charge in [0.15, 0.2) is 5.69 Å². The summed E-state index contributed by atoms with van der Waals surface area (Å²) in [7, 11) is 0. The molecule has 1 unspecified atom stereocenters. The lowest BCUT2D eigenvalue weighted by Gasteiger charge is -2.25. The molecule has 0 radical (unpaired) electrons. The number of anilines is 1. The van der Waals surface area contributed by atoms with Crippen LogP contribution in [-0.4, -0.2) is 66.4 Å². The highest BCUT2D eigenvalue weighted by Gasteiger charge is 2.30. The largest absolute Gasteiger partial charge is 0.416 e. The van der Waals surface area contributed by atoms with Gasteiger partial charge in [-0.25, -0.2) is 9.07 Å². The van der Waals surface area contributed by atoms with Gasteiger partial charge >= 0.3 is 18.0 Å². The summed E-state index contributed by atoms with van der Waals surface area (Å²) in [5.41, 5.74) is -2.75. The number of hydrogen-bond acceptors (Lipinski definition) is 7. The summed E-state index contributed by atoms with van der Waals surface area (Å²) in [6.07, 6.45) is -0.674. The van der Waals surface area contributed by atoms with Crippen LogP contribution in [0, 0.1) is 5.82 Å². The molecule has 2 N–H and O–H groups in total. The number of aryl methyl sites for hydroxylation is 1. The van der Waals surface area contributed by atoms with Crippen LogP contribution in [0.5, 0.6) is 0 Å². The summed E-state index contributed by atoms with van der Waals surface area (Å²) in [5, 5.41) is 11.8. The Morgan fingerprint density at radius 1 is 1.09 bits per heavy atom. The van der Waals surface area contributed by atoms with Crippen molar-refractivity contribution in [2.45, 2.75) is 57.7 Å². The van der Waals surface area contributed by atoms with Crippen LogP contribution in [0.3, 0.4) is 0 Å². The number of pyridine rings is 2. The lowest BCUT2D eigenvalue weighted by atomic mass is 10.1. The molecule has 4 heterocycles. The van der Waals surface area contributed by atoms with E-state index in [1.54, 1.807) is 0 Å². The average molecular weight is 611 g/mol. The van der Waals surface area contributed by atoms with Gasteiger partial charge in [-0.3, -0.25) is 24.2 Å². The first-order valence-electron chi connectivity index (χ1n) is 13.3. The Hall–Kier alpha value is -4.70. The highest BCUT2D eigenvalue weighted by Crippen LogP contribution is 2.29. The predicted molar refractivity (Wildman–Crippen MR) is 140 cm³/mol. The van der Waals surface area contributed by atoms with E-state index < -0.39 is 52.7 Å². The van der Waals surface area contributed by atoms with Crippen LogP contribution in [-0.2, 0) is 35.4 Å². The zero-order valence-corrected chi connectivity index (χ0v) is 22.6. The molecule has 1 fully saturated rings. The predicted octanol–water partition coefficient (Wildman–Crippen LogP) is 2.30. The van der Waals surface area contributed by atoms with Crippen molar-refractivity contribution in [3.63, 3.8) is 0 Å². The number of amides is 3. The van der Waals surface area contributed by atoms with E-state index in [1.165, 1.54) is 4.90 Å². The van der Waals surface area contributed by atoms with Crippen molar-refractivity contribution in [2.24, 2.45) is 0 Å². The van der Waals surface area contributed by atoms with Crippen LogP contribution in [0.2, 0.25) is 0 Å². The van der Waals surface area contributed by atoms with Crippen LogP contribution >= 0.6 is 0 Å². The van der Waals surface area contributed by atoms with Crippen molar-refractivity contribution in [3.8, 4) is 0 Å². The summed E-state index contributed by atoms with van der Waals surface area (Å²) in [6, 6.07) is 2.69. The van der Waals surface area contributed by atoms with Crippen LogP contribution in [0.1, 0.15) is 47.4 Å². The monoisotopic (exact) mass is 610 g/mol. The Morgan fingerprint density at radius 2 is 1.84 bits per heavy atom. The topological polar surface area (TPSA) is 144 Å². The third-order valence-corrected chi connectivity index (χ3v) is 6.61. The van der Waals surface area contributed by atoms with Crippen molar-refractivity contribution < 1.29 is 36.3 Å². The van der Waals surface area contributed by atoms with Crippen molar-refractivity contribution in [1.29, 1.82) is 0 Å². The standard InChI is InChI=1S/C26H27F5N8O4/c27-17(14-39-15-20(35-36-39)22(40)33-13-18-12-16(4-7-32-18)26(29,30)31)5-10-38-11-6-19(21(28)24(38)42)34-23(41)25(43)37-8-2-1-3-9-37/h4,6-7,11-12,15,17H,1-3,5,8-10,13-14H2,(H,33,40)(H,34,41). The second-order valence-electron chi connectivity index (χ2n) is 9.78. The molecule has 1 aliphatic rings. The maximum Gasteiger partial charge on any atom is 0.416 e. The molecule has 12 nitrogen and oxygen atoms in total. The van der Waals surface area contributed by atoms with Gasteiger partial charge in [0.1, 0.15) is 6.17 Å². The number of rotatable bonds is 9. The minimum atomic E-state index is -4.57. The van der Waals surface area contributed by atoms with E-state index in [1.807, 2.05) is 0 Å². The Balaban J connectivity index is 1.26. The number of carbonyl (C=O) groups is 3. The van der Waals surface area contributed by atoms with E-state index in [0.29, 0.717) is 13.1 Å². The van der Waals surface area contributed by atoms with E-state index in [2.05, 4.69) is 25.9 Å². The minimum Gasteiger partial charge on any atom is -0.345 e. The van der Waals surface area contributed by atoms with Crippen LogP contribution in [0.25, 0.3) is 0 Å². The van der Waals surface area contributed by atoms with Gasteiger partial charge in [-0.2, -0.15) is 17.6 Å². The van der Waals surface area contributed by atoms with E-state index in [-0.39, 0.29) is 37.4 Å². The number of nitrogens with one attached hydrogen (secondary N) is 2. The van der Waals surface area contributed by atoms with Gasteiger partial charge < -0.3 is 20.1 Å². The quantitative estimate of drug-likeness (QED) is 0.280. The Morgan fingerprint density at radius 3 is 2.56 bits per heavy atom. The van der Waals surface area contributed by atoms with E-state index >= 15 is 0 Å². The van der Waals surface area contributed by atoms with Crippen molar-refractivity contribution >= 4 is 23.4 Å². The van der Waals surface area contributed by atoms with Crippen LogP contribution in [0.4, 0.5) is 27.6 Å². The first-order valence-corrected chi connectivity index (χ1v) is 13.3. The molecule has 1 aliphatic heterocycles. The first kappa shape index (κ1) is 31.2. The molecule has 0 saturated carbocycles. The second-order valence-corrected chi connectivity index (χ2v) is 9.78. The minimum absolute atomic E-state index is 0.0348. The second kappa shape index (κ2) is 13.5. The molecule has 4 rings (SSSR count). The molecule has 0 spiro atoms. The molecular formula is C26H27F5N8O4. The third kappa shape index (κ3) is 8.20. The molecular weight excluding hydrogens is 583 g/mol. The van der Waals surface area contributed by atoms with Gasteiger partial charge in [-0.1, -0.05) is 5.21 Å². The van der Waals surface area contributed by atoms with E-state index in [0.717, 1.165) is 65.3 Å². The molecule has 1 atom stereocenters. The van der Waals surface area contributed by atoms with Crippen molar-refractivity contribution in [3.05, 3.63) is 69.9 Å². The van der Waals surface area contributed by atoms with Crippen molar-refractivity contribution in [2.75, 3.05) is 18.4 Å². The molecule has 3 aromatic heterocycles. The fourth-order valence-electron chi connectivity index (χ4n) is 4.31. The Bertz CT molecular complexity index is 1530. The highest BCUT2D eigenvalue weighted by molar-refractivity contribution is 6.39. The summed E-state index contributed by atoms with van der Waals surface area (Å²) in [4.78, 5) is 54.3. The molecule has 0 bridgehead atoms. The number of halogens is 5. The summed E-state index contributed by atoms with van der Waals surface area (Å²) in [5.74, 6) is -3.95. The van der Waals surface area contributed by atoms with E-state index in [4.69, 9.17) is 0 Å². The summed E-state index contributed by atoms with van der Waals surface area (Å²) in [6.45, 7) is -0.0666. The molecule has 3 amide bonds. The number of carbonyl (C=O) groups excluding carboxylic acids is 3. The fourth-order valence-corrected chi connectivity index (χ4v) is 4.31. The lowest BCUT2D eigenvalue weighted by molar-refractivity contribution is -0.143. The normalized spacial score (nSPS) is 14.3. The van der Waals surface area contributed by atoms with Gasteiger partial charge in [-0.05, 0) is 43.9 Å². The first-order chi connectivity index (χ1) is 20.4. The zero-order valence-electron chi connectivity index (χ0n) is 22.6. The average Bonchev–Trinajstić information content (AvgIpc) is 3.46. The van der Waals surface area contributed by atoms with Crippen molar-refractivity contribution in [1.82, 2.24) is 34.8 Å². The Kier molecular flexibility index (Phi) is 9.82. The lowest BCUT2D eigenvalue weighted by Crippen LogP contribution is -2.42. The number of piperidine rings is 1. The number of likely N-dealkylation sites (tertiary alicyclic amines) is 1. The SMILES string of the molecule is O=C(Nc1ccn(CCC(F)Cn2cc(C(=O)NCc3cc(C(F)(F)F)ccn3)nn2)c(=O)c1F)C(=O)N1CCCCC1. The molecule has 0 aromatic carbocycles. The summed E-state index contributed by atoms with van der Waals surface area (Å²) < 4.78 is 69.7. The maximum atomic E-state index is 14.6. The van der Waals surface area contributed by atoms with E-state index in [9.17, 15) is 41.1 Å². The number of hydrogen-bond donors (Lipinski definition) is 2. The zero-order chi connectivity index (χ0) is 31.1. The number of alkyl halides is 4. The number of nitrogens with zero attached hydrogens (tertiary/aromatic N) is 6. The maximum absolute atomic E-state index is 14.6. The van der Waals surface area contributed by atoms with Crippen LogP contribution in [0.15, 0.2) is 41.6 Å². The molecule has 1 saturated heterocycles. The third-order valence-electron chi connectivity index (χ3n) is 6.61. The number of aromatic nitrogens is 5. The van der Waals surface area contributed by atoms with Gasteiger partial charge in [0.25, 0.3) is 11.5 Å². The highest BCUT2D eigenvalue weighted by atomic mass is 19.4. The smallest absolute Gasteiger partial charge is 0.345 e. The Labute approximate surface area is 240 Å². The van der Waals surface area contributed by atoms with Gasteiger partial charge in [0.2, 0.25) is 5.82 Å². The summed E-state index contributed by atoms with van der Waals surface area (Å²) >= 11 is 0. The molecule has 17 heteroatoms. The molecule has 43 heavy (non-hydrogen) atoms. The molecule has 3 aromatic rings. The molecule has 230 valence electrons.